The van der Waals surface area contributed by atoms with Gasteiger partial charge < -0.3 is 30.9 Å². The Kier molecular flexibility index (Phi) is 11.4. The van der Waals surface area contributed by atoms with E-state index in [-0.39, 0.29) is 34.8 Å². The minimum absolute atomic E-state index is 0. The van der Waals surface area contributed by atoms with E-state index >= 15 is 0 Å². The Morgan fingerprint density at radius 1 is 1.00 bits per heavy atom. The molecule has 1 N–H and O–H groups in total. The summed E-state index contributed by atoms with van der Waals surface area (Å²) < 4.78 is 11.0. The maximum Gasteiger partial charge on any atom is 0.412 e. The van der Waals surface area contributed by atoms with Gasteiger partial charge in [0, 0.05) is 24.6 Å². The van der Waals surface area contributed by atoms with Crippen molar-refractivity contribution in [2.24, 2.45) is 0 Å². The van der Waals surface area contributed by atoms with Gasteiger partial charge in [-0.25, -0.2) is 4.79 Å². The molecule has 8 heteroatoms. The highest BCUT2D eigenvalue weighted by atomic mass is 79.9. The fraction of sp³-hybridized carbons (Fsp3) is 0.423. The maximum absolute atomic E-state index is 12.2. The number of carbonyl (C=O) groups is 3. The number of carbonyl (C=O) groups excluding carboxylic acids is 3. The molecule has 1 aliphatic rings. The molecule has 0 radical (unpaired) electrons. The lowest BCUT2D eigenvalue weighted by molar-refractivity contribution is -0.890. The number of quaternary nitrogens is 1. The first kappa shape index (κ1) is 29.3. The lowest BCUT2D eigenvalue weighted by Gasteiger charge is -2.28. The van der Waals surface area contributed by atoms with Crippen LogP contribution >= 0.6 is 0 Å². The van der Waals surface area contributed by atoms with E-state index in [0.29, 0.717) is 11.0 Å². The highest BCUT2D eigenvalue weighted by Gasteiger charge is 2.38. The maximum atomic E-state index is 12.2. The molecule has 2 aromatic carbocycles. The molecule has 7 nitrogen and oxygen atoms in total. The average Bonchev–Trinajstić information content (AvgIpc) is 3.07. The number of nitrogens with zero attached hydrogens (tertiary/aromatic N) is 1. The summed E-state index contributed by atoms with van der Waals surface area (Å²) in [6.07, 6.45) is 0.354. The zero-order valence-corrected chi connectivity index (χ0v) is 22.1. The number of Topliss-reactive ketones (excluding diaryl/α,β-unsaturated/α-hetero) is 1. The smallest absolute Gasteiger partial charge is 0.412 e. The van der Waals surface area contributed by atoms with Gasteiger partial charge in [0.15, 0.2) is 6.10 Å². The first-order chi connectivity index (χ1) is 15.5. The van der Waals surface area contributed by atoms with Gasteiger partial charge in [0.1, 0.15) is 18.7 Å². The van der Waals surface area contributed by atoms with Crippen molar-refractivity contribution >= 4 is 23.5 Å². The predicted molar refractivity (Wildman–Crippen MR) is 128 cm³/mol. The Morgan fingerprint density at radius 3 is 2.09 bits per heavy atom. The third-order valence-electron chi connectivity index (χ3n) is 5.01. The Balaban J connectivity index is 0.000000346. The second-order valence-corrected chi connectivity index (χ2v) is 9.49. The molecule has 2 aromatic rings. The Labute approximate surface area is 212 Å². The summed E-state index contributed by atoms with van der Waals surface area (Å²) in [7, 11) is 2.05. The molecule has 186 valence electrons. The Morgan fingerprint density at radius 2 is 1.56 bits per heavy atom. The summed E-state index contributed by atoms with van der Waals surface area (Å²) in [5.74, 6) is -0.0978. The lowest BCUT2D eigenvalue weighted by Crippen LogP contribution is -3.00. The number of rotatable bonds is 5. The molecular weight excluding hydrogens is 500 g/mol. The van der Waals surface area contributed by atoms with Gasteiger partial charge in [-0.15, -0.1) is 0 Å². The van der Waals surface area contributed by atoms with Crippen LogP contribution in [0.3, 0.4) is 0 Å². The van der Waals surface area contributed by atoms with Crippen molar-refractivity contribution in [1.29, 1.82) is 0 Å². The van der Waals surface area contributed by atoms with E-state index < -0.39 is 11.7 Å². The summed E-state index contributed by atoms with van der Waals surface area (Å²) in [4.78, 5) is 34.5. The Hall–Kier alpha value is -2.71. The van der Waals surface area contributed by atoms with Crippen LogP contribution in [-0.4, -0.2) is 60.7 Å². The van der Waals surface area contributed by atoms with Gasteiger partial charge in [-0.05, 0) is 32.9 Å². The summed E-state index contributed by atoms with van der Waals surface area (Å²) in [6, 6.07) is 18.5. The fourth-order valence-corrected chi connectivity index (χ4v) is 3.61. The molecule has 1 amide bonds. The first-order valence-electron chi connectivity index (χ1n) is 11.1. The molecule has 34 heavy (non-hydrogen) atoms. The lowest BCUT2D eigenvalue weighted by atomic mass is 10.1. The van der Waals surface area contributed by atoms with Gasteiger partial charge in [0.05, 0.1) is 13.6 Å². The molecule has 3 rings (SSSR count). The van der Waals surface area contributed by atoms with Crippen LogP contribution in [0.5, 0.6) is 0 Å². The predicted octanol–water partition coefficient (Wildman–Crippen LogP) is 1.69. The summed E-state index contributed by atoms with van der Waals surface area (Å²) in [5, 5.41) is 2.64. The van der Waals surface area contributed by atoms with Crippen LogP contribution in [0, 0.1) is 0 Å². The summed E-state index contributed by atoms with van der Waals surface area (Å²) in [6.45, 7) is 8.97. The SMILES string of the molecule is CC(=O)O[C@@H]1CC[N+](C)(CC(=O)c2ccccc2)C1.CC(C)(C)OC(=O)Nc1ccccc1.[Br-]. The van der Waals surface area contributed by atoms with Gasteiger partial charge in [-0.3, -0.25) is 14.9 Å². The van der Waals surface area contributed by atoms with E-state index in [4.69, 9.17) is 9.47 Å². The van der Waals surface area contributed by atoms with Crippen LogP contribution in [0.15, 0.2) is 60.7 Å². The van der Waals surface area contributed by atoms with Crippen molar-refractivity contribution < 1.29 is 45.3 Å². The van der Waals surface area contributed by atoms with E-state index in [1.165, 1.54) is 6.92 Å². The number of likely N-dealkylation sites (N-methyl/N-ethyl adjacent to an activating group) is 1. The van der Waals surface area contributed by atoms with Crippen molar-refractivity contribution in [3.05, 3.63) is 66.2 Å². The van der Waals surface area contributed by atoms with E-state index in [0.717, 1.165) is 30.8 Å². The number of nitrogens with one attached hydrogen (secondary N) is 1. The van der Waals surface area contributed by atoms with E-state index in [9.17, 15) is 14.4 Å². The van der Waals surface area contributed by atoms with Crippen molar-refractivity contribution in [3.8, 4) is 0 Å². The van der Waals surface area contributed by atoms with Crippen molar-refractivity contribution in [3.63, 3.8) is 0 Å². The monoisotopic (exact) mass is 534 g/mol. The number of esters is 1. The van der Waals surface area contributed by atoms with E-state index in [1.807, 2.05) is 88.5 Å². The van der Waals surface area contributed by atoms with Crippen LogP contribution in [-0.2, 0) is 14.3 Å². The molecule has 2 atom stereocenters. The van der Waals surface area contributed by atoms with E-state index in [2.05, 4.69) is 5.32 Å². The first-order valence-corrected chi connectivity index (χ1v) is 11.1. The number of ketones is 1. The standard InChI is InChI=1S/C15H20NO3.C11H15NO2.BrH/c1-12(17)19-14-8-9-16(2,10-14)11-15(18)13-6-4-3-5-7-13;1-11(2,3)14-10(13)12-9-7-5-4-6-8-9;/h3-7,14H,8-11H2,1-2H3;4-8H,1-3H3,(H,12,13);1H/q+1;;/p-1/t14-,16?;;/m1../s1. The molecule has 1 aliphatic heterocycles. The van der Waals surface area contributed by atoms with Crippen LogP contribution in [0.4, 0.5) is 10.5 Å². The summed E-state index contributed by atoms with van der Waals surface area (Å²) >= 11 is 0. The third kappa shape index (κ3) is 10.9. The van der Waals surface area contributed by atoms with Crippen LogP contribution in [0.1, 0.15) is 44.5 Å². The van der Waals surface area contributed by atoms with E-state index in [1.54, 1.807) is 0 Å². The minimum Gasteiger partial charge on any atom is -1.00 e. The zero-order valence-electron chi connectivity index (χ0n) is 20.5. The number of hydrogen-bond acceptors (Lipinski definition) is 5. The fourth-order valence-electron chi connectivity index (χ4n) is 3.61. The second kappa shape index (κ2) is 13.2. The quantitative estimate of drug-likeness (QED) is 0.358. The van der Waals surface area contributed by atoms with Crippen LogP contribution in [0.25, 0.3) is 0 Å². The molecule has 0 saturated carbocycles. The third-order valence-corrected chi connectivity index (χ3v) is 5.01. The van der Waals surface area contributed by atoms with Gasteiger partial charge in [-0.1, -0.05) is 48.5 Å². The minimum atomic E-state index is -0.459. The number of hydrogen-bond donors (Lipinski definition) is 1. The molecule has 1 fully saturated rings. The molecule has 1 unspecified atom stereocenters. The molecule has 0 spiro atoms. The molecule has 0 bridgehead atoms. The van der Waals surface area contributed by atoms with Gasteiger partial charge in [0.2, 0.25) is 5.78 Å². The Bertz CT molecular complexity index is 931. The number of ether oxygens (including phenoxy) is 2. The number of amides is 1. The largest absolute Gasteiger partial charge is 1.00 e. The zero-order chi connectivity index (χ0) is 24.5. The number of benzene rings is 2. The van der Waals surface area contributed by atoms with Crippen molar-refractivity contribution in [1.82, 2.24) is 0 Å². The number of likely N-dealkylation sites (tertiary alicyclic amines) is 1. The van der Waals surface area contributed by atoms with Crippen LogP contribution in [0.2, 0.25) is 0 Å². The highest BCUT2D eigenvalue weighted by molar-refractivity contribution is 5.96. The number of anilines is 1. The molecule has 1 heterocycles. The normalized spacial score (nSPS) is 19.0. The van der Waals surface area contributed by atoms with Gasteiger partial charge in [-0.2, -0.15) is 0 Å². The summed E-state index contributed by atoms with van der Waals surface area (Å²) in [5.41, 5.74) is 1.03. The topological polar surface area (TPSA) is 81.7 Å². The van der Waals surface area contributed by atoms with Crippen LogP contribution < -0.4 is 22.3 Å². The molecule has 1 saturated heterocycles. The van der Waals surface area contributed by atoms with Crippen molar-refractivity contribution in [2.75, 3.05) is 32.0 Å². The van der Waals surface area contributed by atoms with Gasteiger partial charge >= 0.3 is 12.1 Å². The van der Waals surface area contributed by atoms with Crippen molar-refractivity contribution in [2.45, 2.75) is 45.8 Å². The number of para-hydroxylation sites is 1. The van der Waals surface area contributed by atoms with Gasteiger partial charge in [0.25, 0.3) is 0 Å². The number of halogens is 1. The second-order valence-electron chi connectivity index (χ2n) is 9.49. The molecular formula is C26H35BrN2O5. The average molecular weight is 535 g/mol. The molecule has 0 aliphatic carbocycles. The highest BCUT2D eigenvalue weighted by Crippen LogP contribution is 2.20. The molecule has 0 aromatic heterocycles.